The van der Waals surface area contributed by atoms with Gasteiger partial charge in [-0.05, 0) is 83.6 Å². The first-order valence-corrected chi connectivity index (χ1v) is 13.3. The number of aromatic nitrogens is 2. The van der Waals surface area contributed by atoms with Gasteiger partial charge in [-0.3, -0.25) is 4.79 Å². The molecular weight excluding hydrogens is 478 g/mol. The van der Waals surface area contributed by atoms with Crippen molar-refractivity contribution in [3.63, 3.8) is 0 Å². The summed E-state index contributed by atoms with van der Waals surface area (Å²) in [6.45, 7) is 7.49. The largest absolute Gasteiger partial charge is 0.462 e. The molecule has 9 heteroatoms. The van der Waals surface area contributed by atoms with Gasteiger partial charge in [-0.1, -0.05) is 0 Å². The summed E-state index contributed by atoms with van der Waals surface area (Å²) in [5.74, 6) is -0.600. The Kier molecular flexibility index (Phi) is 6.36. The predicted molar refractivity (Wildman–Crippen MR) is 139 cm³/mol. The molecule has 2 aliphatic carbocycles. The van der Waals surface area contributed by atoms with Gasteiger partial charge in [-0.2, -0.15) is 0 Å². The van der Waals surface area contributed by atoms with Crippen LogP contribution in [0, 0.1) is 0 Å². The second-order valence-electron chi connectivity index (χ2n) is 10.4. The number of ether oxygens (including phenoxy) is 2. The predicted octanol–water partition coefficient (Wildman–Crippen LogP) is 5.54. The van der Waals surface area contributed by atoms with Crippen LogP contribution in [0.1, 0.15) is 86.3 Å². The molecule has 3 aromatic heterocycles. The van der Waals surface area contributed by atoms with Crippen LogP contribution in [-0.4, -0.2) is 33.8 Å². The van der Waals surface area contributed by atoms with Gasteiger partial charge in [0, 0.05) is 17.1 Å². The molecule has 1 amide bonds. The molecule has 5 rings (SSSR count). The zero-order chi connectivity index (χ0) is 25.6. The van der Waals surface area contributed by atoms with E-state index >= 15 is 0 Å². The van der Waals surface area contributed by atoms with Gasteiger partial charge in [0.15, 0.2) is 0 Å². The molecule has 2 aliphatic rings. The number of carbonyl (C=O) groups is 2. The first-order valence-electron chi connectivity index (χ1n) is 12.5. The number of amides is 1. The van der Waals surface area contributed by atoms with E-state index in [2.05, 4.69) is 11.4 Å². The van der Waals surface area contributed by atoms with Gasteiger partial charge >= 0.3 is 12.1 Å². The van der Waals surface area contributed by atoms with Gasteiger partial charge in [-0.25, -0.2) is 14.6 Å². The average molecular weight is 510 g/mol. The van der Waals surface area contributed by atoms with Gasteiger partial charge in [0.25, 0.3) is 0 Å². The lowest BCUT2D eigenvalue weighted by Gasteiger charge is -2.26. The summed E-state index contributed by atoms with van der Waals surface area (Å²) in [7, 11) is 0. The van der Waals surface area contributed by atoms with Crippen molar-refractivity contribution in [1.82, 2.24) is 14.9 Å². The number of thiophene rings is 1. The van der Waals surface area contributed by atoms with E-state index in [0.29, 0.717) is 11.0 Å². The summed E-state index contributed by atoms with van der Waals surface area (Å²) in [5, 5.41) is 3.45. The SMILES string of the molecule is CCOC(=O)c1cn(C2CC2)c2nc(-c3cc4c(s3)CCCC4NC(=O)OC(C)(C)C)ccc2c1=O. The number of alkyl carbamates (subject to hydrolysis) is 1. The molecule has 1 N–H and O–H groups in total. The van der Waals surface area contributed by atoms with Crippen LogP contribution in [-0.2, 0) is 15.9 Å². The minimum Gasteiger partial charge on any atom is -0.462 e. The van der Waals surface area contributed by atoms with Crippen molar-refractivity contribution in [1.29, 1.82) is 0 Å². The lowest BCUT2D eigenvalue weighted by molar-refractivity contribution is 0.0495. The molecule has 1 atom stereocenters. The minimum absolute atomic E-state index is 0.0495. The van der Waals surface area contributed by atoms with Gasteiger partial charge in [0.05, 0.1) is 28.6 Å². The third-order valence-electron chi connectivity index (χ3n) is 6.37. The maximum atomic E-state index is 13.1. The number of esters is 1. The van der Waals surface area contributed by atoms with E-state index in [9.17, 15) is 14.4 Å². The summed E-state index contributed by atoms with van der Waals surface area (Å²) in [4.78, 5) is 45.0. The molecule has 1 saturated carbocycles. The molecular formula is C27H31N3O5S. The molecule has 0 radical (unpaired) electrons. The maximum absolute atomic E-state index is 13.1. The number of hydrogen-bond acceptors (Lipinski definition) is 7. The summed E-state index contributed by atoms with van der Waals surface area (Å²) >= 11 is 1.67. The minimum atomic E-state index is -0.600. The van der Waals surface area contributed by atoms with Crippen LogP contribution in [0.4, 0.5) is 4.79 Å². The van der Waals surface area contributed by atoms with Crippen molar-refractivity contribution in [2.75, 3.05) is 6.61 Å². The molecule has 0 spiro atoms. The van der Waals surface area contributed by atoms with Gasteiger partial charge in [0.2, 0.25) is 5.43 Å². The number of rotatable bonds is 5. The highest BCUT2D eigenvalue weighted by Gasteiger charge is 2.29. The van der Waals surface area contributed by atoms with Crippen molar-refractivity contribution < 1.29 is 19.1 Å². The highest BCUT2D eigenvalue weighted by Crippen LogP contribution is 2.41. The Morgan fingerprint density at radius 1 is 1.22 bits per heavy atom. The van der Waals surface area contributed by atoms with E-state index in [0.717, 1.165) is 48.2 Å². The number of fused-ring (bicyclic) bond motifs is 2. The molecule has 3 aromatic rings. The zero-order valence-electron chi connectivity index (χ0n) is 21.1. The van der Waals surface area contributed by atoms with Gasteiger partial charge in [-0.15, -0.1) is 11.3 Å². The Bertz CT molecular complexity index is 1400. The Morgan fingerprint density at radius 2 is 2.00 bits per heavy atom. The summed E-state index contributed by atoms with van der Waals surface area (Å²) in [6, 6.07) is 5.82. The van der Waals surface area contributed by atoms with Crippen molar-refractivity contribution in [2.24, 2.45) is 0 Å². The molecule has 0 saturated heterocycles. The van der Waals surface area contributed by atoms with Crippen LogP contribution >= 0.6 is 11.3 Å². The fourth-order valence-electron chi connectivity index (χ4n) is 4.63. The van der Waals surface area contributed by atoms with Crippen molar-refractivity contribution in [3.05, 3.63) is 50.6 Å². The van der Waals surface area contributed by atoms with E-state index in [4.69, 9.17) is 14.5 Å². The highest BCUT2D eigenvalue weighted by molar-refractivity contribution is 7.15. The first-order chi connectivity index (χ1) is 17.1. The standard InChI is InChI=1S/C27H31N3O5S/c1-5-34-25(32)18-14-30(15-9-10-15)24-16(23(18)31)11-12-20(28-24)22-13-17-19(7-6-8-21(17)36-22)29-26(33)35-27(2,3)4/h11-15,19H,5-10H2,1-4H3,(H,29,33). The second kappa shape index (κ2) is 9.35. The Balaban J connectivity index is 1.51. The third-order valence-corrected chi connectivity index (χ3v) is 7.60. The maximum Gasteiger partial charge on any atom is 0.408 e. The zero-order valence-corrected chi connectivity index (χ0v) is 21.9. The fourth-order valence-corrected chi connectivity index (χ4v) is 5.87. The number of nitrogens with one attached hydrogen (secondary N) is 1. The van der Waals surface area contributed by atoms with Crippen LogP contribution in [0.25, 0.3) is 21.6 Å². The highest BCUT2D eigenvalue weighted by atomic mass is 32.1. The third kappa shape index (κ3) is 4.89. The Hall–Kier alpha value is -3.20. The van der Waals surface area contributed by atoms with E-state index in [1.807, 2.05) is 31.4 Å². The fraction of sp³-hybridized carbons (Fsp3) is 0.481. The van der Waals surface area contributed by atoms with Crippen molar-refractivity contribution in [2.45, 2.75) is 77.5 Å². The number of aryl methyl sites for hydroxylation is 1. The number of pyridine rings is 2. The molecule has 0 aromatic carbocycles. The van der Waals surface area contributed by atoms with E-state index in [1.165, 1.54) is 4.88 Å². The normalized spacial score (nSPS) is 17.5. The molecule has 1 fully saturated rings. The quantitative estimate of drug-likeness (QED) is 0.454. The molecule has 36 heavy (non-hydrogen) atoms. The summed E-state index contributed by atoms with van der Waals surface area (Å²) in [5.41, 5.74) is 1.60. The topological polar surface area (TPSA) is 99.5 Å². The van der Waals surface area contributed by atoms with Crippen LogP contribution < -0.4 is 10.7 Å². The molecule has 3 heterocycles. The van der Waals surface area contributed by atoms with Crippen molar-refractivity contribution in [3.8, 4) is 10.6 Å². The first kappa shape index (κ1) is 24.5. The second-order valence-corrected chi connectivity index (χ2v) is 11.5. The van der Waals surface area contributed by atoms with Crippen LogP contribution in [0.5, 0.6) is 0 Å². The van der Waals surface area contributed by atoms with Gasteiger partial charge in [0.1, 0.15) is 16.8 Å². The smallest absolute Gasteiger partial charge is 0.408 e. The summed E-state index contributed by atoms with van der Waals surface area (Å²) in [6.07, 6.45) is 5.95. The van der Waals surface area contributed by atoms with E-state index in [-0.39, 0.29) is 29.7 Å². The Morgan fingerprint density at radius 3 is 2.69 bits per heavy atom. The van der Waals surface area contributed by atoms with Crippen LogP contribution in [0.2, 0.25) is 0 Å². The summed E-state index contributed by atoms with van der Waals surface area (Å²) < 4.78 is 12.5. The average Bonchev–Trinajstić information content (AvgIpc) is 3.55. The number of carbonyl (C=O) groups excluding carboxylic acids is 2. The van der Waals surface area contributed by atoms with Crippen LogP contribution in [0.15, 0.2) is 29.2 Å². The van der Waals surface area contributed by atoms with Crippen molar-refractivity contribution >= 4 is 34.4 Å². The molecule has 1 unspecified atom stereocenters. The molecule has 0 bridgehead atoms. The molecule has 0 aliphatic heterocycles. The molecule has 190 valence electrons. The monoisotopic (exact) mass is 509 g/mol. The molecule has 8 nitrogen and oxygen atoms in total. The number of hydrogen-bond donors (Lipinski definition) is 1. The lowest BCUT2D eigenvalue weighted by atomic mass is 9.93. The lowest BCUT2D eigenvalue weighted by Crippen LogP contribution is -2.35. The van der Waals surface area contributed by atoms with Gasteiger partial charge < -0.3 is 19.4 Å². The number of nitrogens with zero attached hydrogens (tertiary/aromatic N) is 2. The van der Waals surface area contributed by atoms with E-state index < -0.39 is 17.7 Å². The Labute approximate surface area is 213 Å². The van der Waals surface area contributed by atoms with Crippen LogP contribution in [0.3, 0.4) is 0 Å². The van der Waals surface area contributed by atoms with E-state index in [1.54, 1.807) is 30.5 Å².